The minimum atomic E-state index is -4.38. The van der Waals surface area contributed by atoms with Crippen molar-refractivity contribution in [1.29, 1.82) is 0 Å². The van der Waals surface area contributed by atoms with Gasteiger partial charge in [0, 0.05) is 65.1 Å². The average molecular weight is 577 g/mol. The van der Waals surface area contributed by atoms with Crippen LogP contribution in [0.25, 0.3) is 0 Å². The Labute approximate surface area is 207 Å². The van der Waals surface area contributed by atoms with E-state index >= 15 is 0 Å². The zero-order valence-corrected chi connectivity index (χ0v) is 20.5. The maximum atomic E-state index is 12.8. The molecule has 1 aromatic heterocycles. The minimum absolute atomic E-state index is 0. The van der Waals surface area contributed by atoms with Crippen LogP contribution in [0.3, 0.4) is 0 Å². The highest BCUT2D eigenvalue weighted by molar-refractivity contribution is 14.0. The number of nitrogens with one attached hydrogen (secondary N) is 2. The van der Waals surface area contributed by atoms with Crippen LogP contribution in [0.15, 0.2) is 47.7 Å². The Kier molecular flexibility index (Phi) is 10.1. The molecular formula is C21H27F3IN7O. The number of rotatable bonds is 6. The number of benzene rings is 1. The third kappa shape index (κ3) is 8.02. The highest BCUT2D eigenvalue weighted by atomic mass is 127. The fourth-order valence-electron chi connectivity index (χ4n) is 3.32. The van der Waals surface area contributed by atoms with Crippen molar-refractivity contribution in [3.8, 4) is 0 Å². The maximum absolute atomic E-state index is 12.8. The molecule has 1 aliphatic heterocycles. The second-order valence-corrected chi connectivity index (χ2v) is 7.22. The molecule has 1 fully saturated rings. The van der Waals surface area contributed by atoms with Crippen molar-refractivity contribution >= 4 is 41.8 Å². The molecule has 0 atom stereocenters. The number of aliphatic imine (C=N–C) groups is 1. The molecule has 0 spiro atoms. The quantitative estimate of drug-likeness (QED) is 0.312. The van der Waals surface area contributed by atoms with Crippen molar-refractivity contribution < 1.29 is 18.0 Å². The normalized spacial score (nSPS) is 14.5. The van der Waals surface area contributed by atoms with Gasteiger partial charge in [0.1, 0.15) is 0 Å². The van der Waals surface area contributed by atoms with E-state index in [4.69, 9.17) is 0 Å². The van der Waals surface area contributed by atoms with Gasteiger partial charge in [-0.25, -0.2) is 9.97 Å². The number of amides is 1. The molecular weight excluding hydrogens is 550 g/mol. The maximum Gasteiger partial charge on any atom is 0.416 e. The Hall–Kier alpha value is -2.64. The number of guanidine groups is 1. The van der Waals surface area contributed by atoms with Crippen LogP contribution in [-0.2, 0) is 17.5 Å². The van der Waals surface area contributed by atoms with E-state index in [0.717, 1.165) is 12.1 Å². The van der Waals surface area contributed by atoms with Gasteiger partial charge in [0.25, 0.3) is 0 Å². The summed E-state index contributed by atoms with van der Waals surface area (Å²) in [6.07, 6.45) is -0.707. The van der Waals surface area contributed by atoms with E-state index < -0.39 is 11.7 Å². The lowest BCUT2D eigenvalue weighted by molar-refractivity contribution is -0.137. The summed E-state index contributed by atoms with van der Waals surface area (Å²) < 4.78 is 38.5. The summed E-state index contributed by atoms with van der Waals surface area (Å²) in [7, 11) is 1.56. The van der Waals surface area contributed by atoms with Gasteiger partial charge in [0.15, 0.2) is 5.96 Å². The van der Waals surface area contributed by atoms with E-state index in [1.165, 1.54) is 6.07 Å². The summed E-state index contributed by atoms with van der Waals surface area (Å²) in [5, 5.41) is 6.00. The first-order valence-corrected chi connectivity index (χ1v) is 10.3. The Bertz CT molecular complexity index is 920. The summed E-state index contributed by atoms with van der Waals surface area (Å²) >= 11 is 0. The van der Waals surface area contributed by atoms with Crippen LogP contribution in [0.2, 0.25) is 0 Å². The standard InChI is InChI=1S/C21H26F3N7O.HI/c1-25-19(29-15-16-4-2-5-17(14-16)21(22,23)24)26-9-6-18(32)30-10-12-31(13-11-30)20-27-7-3-8-28-20;/h2-5,7-8,14H,6,9-13,15H2,1H3,(H2,25,26,29);1H. The average Bonchev–Trinajstić information content (AvgIpc) is 2.81. The molecule has 1 aliphatic rings. The molecule has 1 saturated heterocycles. The molecule has 2 aromatic rings. The molecule has 0 aliphatic carbocycles. The van der Waals surface area contributed by atoms with Crippen LogP contribution >= 0.6 is 24.0 Å². The summed E-state index contributed by atoms with van der Waals surface area (Å²) in [6.45, 7) is 3.08. The van der Waals surface area contributed by atoms with Gasteiger partial charge in [-0.15, -0.1) is 24.0 Å². The van der Waals surface area contributed by atoms with E-state index in [9.17, 15) is 18.0 Å². The molecule has 2 N–H and O–H groups in total. The van der Waals surface area contributed by atoms with Gasteiger partial charge in [-0.05, 0) is 23.8 Å². The lowest BCUT2D eigenvalue weighted by Gasteiger charge is -2.34. The first-order valence-electron chi connectivity index (χ1n) is 10.3. The minimum Gasteiger partial charge on any atom is -0.356 e. The second kappa shape index (κ2) is 12.6. The topological polar surface area (TPSA) is 85.8 Å². The van der Waals surface area contributed by atoms with Crippen LogP contribution in [0, 0.1) is 0 Å². The molecule has 1 aromatic carbocycles. The zero-order chi connectivity index (χ0) is 23.0. The Morgan fingerprint density at radius 3 is 2.42 bits per heavy atom. The number of nitrogens with zero attached hydrogens (tertiary/aromatic N) is 5. The van der Waals surface area contributed by atoms with Crippen molar-refractivity contribution in [3.63, 3.8) is 0 Å². The lowest BCUT2D eigenvalue weighted by Crippen LogP contribution is -2.50. The fraction of sp³-hybridized carbons (Fsp3) is 0.429. The summed E-state index contributed by atoms with van der Waals surface area (Å²) in [6, 6.07) is 6.88. The third-order valence-electron chi connectivity index (χ3n) is 5.04. The molecule has 33 heavy (non-hydrogen) atoms. The SMILES string of the molecule is CN=C(NCCC(=O)N1CCN(c2ncccn2)CC1)NCc1cccc(C(F)(F)F)c1.I. The number of halogens is 4. The van der Waals surface area contributed by atoms with Gasteiger partial charge in [-0.3, -0.25) is 9.79 Å². The molecule has 1 amide bonds. The number of alkyl halides is 3. The van der Waals surface area contributed by atoms with Gasteiger partial charge >= 0.3 is 6.18 Å². The number of anilines is 1. The van der Waals surface area contributed by atoms with E-state index in [0.29, 0.717) is 50.2 Å². The van der Waals surface area contributed by atoms with Crippen molar-refractivity contribution in [2.75, 3.05) is 44.7 Å². The van der Waals surface area contributed by atoms with E-state index in [2.05, 4.69) is 25.6 Å². The molecule has 0 saturated carbocycles. The van der Waals surface area contributed by atoms with Crippen LogP contribution < -0.4 is 15.5 Å². The van der Waals surface area contributed by atoms with E-state index in [1.807, 2.05) is 4.90 Å². The molecule has 2 heterocycles. The monoisotopic (exact) mass is 577 g/mol. The molecule has 3 rings (SSSR count). The summed E-state index contributed by atoms with van der Waals surface area (Å²) in [4.78, 5) is 28.9. The van der Waals surface area contributed by atoms with Crippen molar-refractivity contribution in [1.82, 2.24) is 25.5 Å². The van der Waals surface area contributed by atoms with Crippen LogP contribution in [-0.4, -0.2) is 66.5 Å². The number of carbonyl (C=O) groups is 1. The van der Waals surface area contributed by atoms with Gasteiger partial charge in [0.05, 0.1) is 5.56 Å². The van der Waals surface area contributed by atoms with Crippen LogP contribution in [0.1, 0.15) is 17.5 Å². The molecule has 12 heteroatoms. The largest absolute Gasteiger partial charge is 0.416 e. The zero-order valence-electron chi connectivity index (χ0n) is 18.2. The van der Waals surface area contributed by atoms with Gasteiger partial charge in [-0.1, -0.05) is 12.1 Å². The summed E-state index contributed by atoms with van der Waals surface area (Å²) in [5.41, 5.74) is -0.205. The highest BCUT2D eigenvalue weighted by Gasteiger charge is 2.30. The van der Waals surface area contributed by atoms with Crippen molar-refractivity contribution in [2.24, 2.45) is 4.99 Å². The number of carbonyl (C=O) groups excluding carboxylic acids is 1. The van der Waals surface area contributed by atoms with Crippen molar-refractivity contribution in [3.05, 3.63) is 53.9 Å². The highest BCUT2D eigenvalue weighted by Crippen LogP contribution is 2.29. The van der Waals surface area contributed by atoms with Gasteiger partial charge in [-0.2, -0.15) is 13.2 Å². The fourth-order valence-corrected chi connectivity index (χ4v) is 3.32. The molecule has 180 valence electrons. The Morgan fingerprint density at radius 1 is 1.09 bits per heavy atom. The third-order valence-corrected chi connectivity index (χ3v) is 5.04. The number of hydrogen-bond donors (Lipinski definition) is 2. The first kappa shape index (κ1) is 26.6. The molecule has 0 unspecified atom stereocenters. The van der Waals surface area contributed by atoms with Gasteiger partial charge < -0.3 is 20.4 Å². The van der Waals surface area contributed by atoms with Gasteiger partial charge in [0.2, 0.25) is 11.9 Å². The number of aromatic nitrogens is 2. The van der Waals surface area contributed by atoms with Crippen LogP contribution in [0.4, 0.5) is 19.1 Å². The molecule has 8 nitrogen and oxygen atoms in total. The number of hydrogen-bond acceptors (Lipinski definition) is 5. The predicted molar refractivity (Wildman–Crippen MR) is 131 cm³/mol. The molecule has 0 radical (unpaired) electrons. The second-order valence-electron chi connectivity index (χ2n) is 7.22. The van der Waals surface area contributed by atoms with E-state index in [-0.39, 0.29) is 42.8 Å². The summed E-state index contributed by atoms with van der Waals surface area (Å²) in [5.74, 6) is 1.11. The smallest absolute Gasteiger partial charge is 0.356 e. The Morgan fingerprint density at radius 2 is 1.79 bits per heavy atom. The lowest BCUT2D eigenvalue weighted by atomic mass is 10.1. The van der Waals surface area contributed by atoms with Crippen LogP contribution in [0.5, 0.6) is 0 Å². The van der Waals surface area contributed by atoms with Crippen molar-refractivity contribution in [2.45, 2.75) is 19.1 Å². The predicted octanol–water partition coefficient (Wildman–Crippen LogP) is 2.52. The Balaban J connectivity index is 0.00000385. The van der Waals surface area contributed by atoms with E-state index in [1.54, 1.807) is 36.5 Å². The number of piperazine rings is 1. The molecule has 0 bridgehead atoms. The first-order chi connectivity index (χ1) is 15.4.